The third kappa shape index (κ3) is 2.61. The Labute approximate surface area is 110 Å². The van der Waals surface area contributed by atoms with Gasteiger partial charge in [-0.25, -0.2) is 10.8 Å². The van der Waals surface area contributed by atoms with E-state index in [2.05, 4.69) is 10.4 Å². The summed E-state index contributed by atoms with van der Waals surface area (Å²) in [5.41, 5.74) is 3.11. The highest BCUT2D eigenvalue weighted by Gasteiger charge is 2.33. The minimum absolute atomic E-state index is 0.0598. The quantitative estimate of drug-likeness (QED) is 0.494. The highest BCUT2D eigenvalue weighted by atomic mass is 35.5. The van der Waals surface area contributed by atoms with E-state index in [1.54, 1.807) is 0 Å². The van der Waals surface area contributed by atoms with Gasteiger partial charge in [-0.3, -0.25) is 10.2 Å². The lowest BCUT2D eigenvalue weighted by atomic mass is 9.79. The summed E-state index contributed by atoms with van der Waals surface area (Å²) in [5.74, 6) is 5.26. The Hall–Kier alpha value is -0.650. The normalized spacial score (nSPS) is 24.6. The molecule has 1 saturated carbocycles. The van der Waals surface area contributed by atoms with Crippen molar-refractivity contribution in [3.8, 4) is 0 Å². The topological polar surface area (TPSA) is 68.0 Å². The summed E-state index contributed by atoms with van der Waals surface area (Å²) in [4.78, 5) is 16.2. The van der Waals surface area contributed by atoms with E-state index in [4.69, 9.17) is 17.4 Å². The number of nitrogens with two attached hydrogens (primary N) is 1. The standard InChI is InChI=1S/C11H16ClN3OS/c1-6-9(12)17-11(14-6)8-5-3-2-4-7(8)10(16)15-13/h7-8H,2-5,13H2,1H3,(H,15,16). The van der Waals surface area contributed by atoms with Crippen LogP contribution in [0.15, 0.2) is 0 Å². The third-order valence-electron chi connectivity index (χ3n) is 3.32. The second kappa shape index (κ2) is 5.33. The number of nitrogens with zero attached hydrogens (tertiary/aromatic N) is 1. The number of thiazole rings is 1. The highest BCUT2D eigenvalue weighted by molar-refractivity contribution is 7.16. The summed E-state index contributed by atoms with van der Waals surface area (Å²) in [6.07, 6.45) is 4.08. The predicted molar refractivity (Wildman–Crippen MR) is 68.9 cm³/mol. The Kier molecular flexibility index (Phi) is 4.01. The lowest BCUT2D eigenvalue weighted by Gasteiger charge is -2.28. The van der Waals surface area contributed by atoms with Crippen LogP contribution < -0.4 is 11.3 Å². The Morgan fingerprint density at radius 3 is 2.82 bits per heavy atom. The molecule has 1 aromatic heterocycles. The zero-order valence-corrected chi connectivity index (χ0v) is 11.3. The first kappa shape index (κ1) is 12.8. The van der Waals surface area contributed by atoms with Crippen LogP contribution in [0, 0.1) is 12.8 Å². The number of hydrogen-bond acceptors (Lipinski definition) is 4. The maximum Gasteiger partial charge on any atom is 0.237 e. The second-order valence-corrected chi connectivity index (χ2v) is 6.05. The number of carbonyl (C=O) groups is 1. The summed E-state index contributed by atoms with van der Waals surface area (Å²) in [5, 5.41) is 0.973. The van der Waals surface area contributed by atoms with Gasteiger partial charge in [0.05, 0.1) is 10.7 Å². The number of carbonyl (C=O) groups excluding carboxylic acids is 1. The first-order valence-corrected chi connectivity index (χ1v) is 6.96. The average molecular weight is 274 g/mol. The van der Waals surface area contributed by atoms with Gasteiger partial charge >= 0.3 is 0 Å². The Bertz CT molecular complexity index is 401. The minimum atomic E-state index is -0.0846. The van der Waals surface area contributed by atoms with Gasteiger partial charge in [0.2, 0.25) is 5.91 Å². The van der Waals surface area contributed by atoms with Gasteiger partial charge in [-0.1, -0.05) is 24.4 Å². The molecule has 1 fully saturated rings. The van der Waals surface area contributed by atoms with E-state index in [9.17, 15) is 4.79 Å². The van der Waals surface area contributed by atoms with Crippen molar-refractivity contribution in [3.05, 3.63) is 15.0 Å². The second-order valence-electron chi connectivity index (χ2n) is 4.42. The third-order valence-corrected chi connectivity index (χ3v) is 4.90. The molecule has 1 aliphatic carbocycles. The van der Waals surface area contributed by atoms with Gasteiger partial charge in [-0.05, 0) is 19.8 Å². The number of aryl methyl sites for hydroxylation is 1. The molecule has 1 amide bonds. The molecule has 94 valence electrons. The van der Waals surface area contributed by atoms with Crippen LogP contribution >= 0.6 is 22.9 Å². The zero-order valence-electron chi connectivity index (χ0n) is 9.70. The van der Waals surface area contributed by atoms with E-state index < -0.39 is 0 Å². The molecule has 0 aliphatic heterocycles. The van der Waals surface area contributed by atoms with Crippen molar-refractivity contribution in [1.29, 1.82) is 0 Å². The SMILES string of the molecule is Cc1nc(C2CCCCC2C(=O)NN)sc1Cl. The molecule has 1 heterocycles. The molecule has 1 aromatic rings. The fourth-order valence-corrected chi connectivity index (χ4v) is 3.68. The van der Waals surface area contributed by atoms with Crippen molar-refractivity contribution in [3.63, 3.8) is 0 Å². The highest BCUT2D eigenvalue weighted by Crippen LogP contribution is 2.41. The number of aromatic nitrogens is 1. The van der Waals surface area contributed by atoms with Crippen LogP contribution in [0.2, 0.25) is 4.34 Å². The van der Waals surface area contributed by atoms with Crippen molar-refractivity contribution < 1.29 is 4.79 Å². The molecule has 2 rings (SSSR count). The molecular formula is C11H16ClN3OS. The lowest BCUT2D eigenvalue weighted by molar-refractivity contribution is -0.126. The maximum atomic E-state index is 11.8. The van der Waals surface area contributed by atoms with Gasteiger partial charge in [-0.15, -0.1) is 11.3 Å². The molecule has 2 unspecified atom stereocenters. The zero-order chi connectivity index (χ0) is 12.4. The molecule has 0 bridgehead atoms. The molecule has 0 saturated heterocycles. The van der Waals surface area contributed by atoms with E-state index in [0.717, 1.165) is 40.7 Å². The summed E-state index contributed by atoms with van der Waals surface area (Å²) in [6.45, 7) is 1.89. The van der Waals surface area contributed by atoms with Crippen LogP contribution in [0.5, 0.6) is 0 Å². The Morgan fingerprint density at radius 2 is 2.24 bits per heavy atom. The number of amides is 1. The van der Waals surface area contributed by atoms with Gasteiger partial charge in [0.15, 0.2) is 0 Å². The van der Waals surface area contributed by atoms with Crippen molar-refractivity contribution in [1.82, 2.24) is 10.4 Å². The molecule has 0 spiro atoms. The summed E-state index contributed by atoms with van der Waals surface area (Å²) in [7, 11) is 0. The molecule has 4 nitrogen and oxygen atoms in total. The largest absolute Gasteiger partial charge is 0.294 e. The first-order valence-electron chi connectivity index (χ1n) is 5.76. The van der Waals surface area contributed by atoms with Crippen LogP contribution in [0.25, 0.3) is 0 Å². The molecule has 2 atom stereocenters. The van der Waals surface area contributed by atoms with E-state index in [1.165, 1.54) is 11.3 Å². The first-order chi connectivity index (χ1) is 8.13. The molecule has 1 aliphatic rings. The van der Waals surface area contributed by atoms with Crippen LogP contribution in [-0.2, 0) is 4.79 Å². The smallest absolute Gasteiger partial charge is 0.237 e. The number of nitrogens with one attached hydrogen (secondary N) is 1. The molecule has 6 heteroatoms. The van der Waals surface area contributed by atoms with Crippen LogP contribution in [0.3, 0.4) is 0 Å². The fraction of sp³-hybridized carbons (Fsp3) is 0.636. The average Bonchev–Trinajstić information content (AvgIpc) is 2.68. The molecule has 0 aromatic carbocycles. The summed E-state index contributed by atoms with van der Waals surface area (Å²) >= 11 is 7.53. The van der Waals surface area contributed by atoms with Gasteiger partial charge in [0.1, 0.15) is 4.34 Å². The maximum absolute atomic E-state index is 11.8. The number of hydrogen-bond donors (Lipinski definition) is 2. The van der Waals surface area contributed by atoms with Crippen LogP contribution in [0.4, 0.5) is 0 Å². The van der Waals surface area contributed by atoms with Crippen molar-refractivity contribution in [2.24, 2.45) is 11.8 Å². The predicted octanol–water partition coefficient (Wildman–Crippen LogP) is 2.37. The Morgan fingerprint density at radius 1 is 1.53 bits per heavy atom. The van der Waals surface area contributed by atoms with E-state index in [0.29, 0.717) is 0 Å². The minimum Gasteiger partial charge on any atom is -0.294 e. The lowest BCUT2D eigenvalue weighted by Crippen LogP contribution is -2.39. The summed E-state index contributed by atoms with van der Waals surface area (Å²) in [6, 6.07) is 0. The molecular weight excluding hydrogens is 258 g/mol. The van der Waals surface area contributed by atoms with Gasteiger partial charge in [-0.2, -0.15) is 0 Å². The van der Waals surface area contributed by atoms with Gasteiger partial charge in [0.25, 0.3) is 0 Å². The van der Waals surface area contributed by atoms with Crippen molar-refractivity contribution in [2.75, 3.05) is 0 Å². The Balaban J connectivity index is 2.24. The van der Waals surface area contributed by atoms with Crippen LogP contribution in [0.1, 0.15) is 42.3 Å². The monoisotopic (exact) mass is 273 g/mol. The van der Waals surface area contributed by atoms with Crippen LogP contribution in [-0.4, -0.2) is 10.9 Å². The fourth-order valence-electron chi connectivity index (χ4n) is 2.40. The van der Waals surface area contributed by atoms with Crippen molar-refractivity contribution >= 4 is 28.8 Å². The van der Waals surface area contributed by atoms with E-state index in [1.807, 2.05) is 6.92 Å². The number of hydrazine groups is 1. The molecule has 17 heavy (non-hydrogen) atoms. The number of halogens is 1. The summed E-state index contributed by atoms with van der Waals surface area (Å²) < 4.78 is 0.720. The van der Waals surface area contributed by atoms with E-state index in [-0.39, 0.29) is 17.7 Å². The van der Waals surface area contributed by atoms with Crippen molar-refractivity contribution in [2.45, 2.75) is 38.5 Å². The van der Waals surface area contributed by atoms with Gasteiger partial charge in [0, 0.05) is 11.8 Å². The van der Waals surface area contributed by atoms with E-state index >= 15 is 0 Å². The van der Waals surface area contributed by atoms with Gasteiger partial charge < -0.3 is 0 Å². The molecule has 0 radical (unpaired) electrons. The molecule has 3 N–H and O–H groups in total. The number of rotatable bonds is 2.